The van der Waals surface area contributed by atoms with Crippen LogP contribution in [0.2, 0.25) is 0 Å². The molecule has 31 heavy (non-hydrogen) atoms. The van der Waals surface area contributed by atoms with Crippen LogP contribution in [0.1, 0.15) is 0 Å². The molecule has 3 rings (SSSR count). The highest BCUT2D eigenvalue weighted by Gasteiger charge is 2.20. The van der Waals surface area contributed by atoms with Gasteiger partial charge in [0, 0.05) is 0 Å². The summed E-state index contributed by atoms with van der Waals surface area (Å²) in [6, 6.07) is 19.0. The van der Waals surface area contributed by atoms with Gasteiger partial charge in [-0.2, -0.15) is 15.0 Å². The summed E-state index contributed by atoms with van der Waals surface area (Å²) < 4.78 is 17.5. The molecule has 0 aliphatic carbocycles. The summed E-state index contributed by atoms with van der Waals surface area (Å²) in [5, 5.41) is 0. The van der Waals surface area contributed by atoms with Crippen LogP contribution in [-0.2, 0) is 14.4 Å². The van der Waals surface area contributed by atoms with E-state index >= 15 is 0 Å². The summed E-state index contributed by atoms with van der Waals surface area (Å²) in [5.41, 5.74) is 1.27. The Morgan fingerprint density at radius 2 is 0.742 bits per heavy atom. The Kier molecular flexibility index (Phi) is 7.56. The normalized spacial score (nSPS) is 10.5. The van der Waals surface area contributed by atoms with Gasteiger partial charge >= 0.3 is 8.60 Å². The van der Waals surface area contributed by atoms with Crippen LogP contribution < -0.4 is 13.6 Å². The van der Waals surface area contributed by atoms with Crippen LogP contribution in [0.4, 0.5) is 17.1 Å². The first-order valence-electron chi connectivity index (χ1n) is 8.58. The molecule has 0 unspecified atom stereocenters. The molecule has 3 aromatic rings. The molecule has 0 bridgehead atoms. The second kappa shape index (κ2) is 11.0. The summed E-state index contributed by atoms with van der Waals surface area (Å²) in [7, 11) is -1.97. The van der Waals surface area contributed by atoms with Gasteiger partial charge in [-0.1, -0.05) is 0 Å². The lowest BCUT2D eigenvalue weighted by Gasteiger charge is -2.18. The Balaban J connectivity index is 1.80. The lowest BCUT2D eigenvalue weighted by atomic mass is 10.3. The summed E-state index contributed by atoms with van der Waals surface area (Å²) in [6.07, 6.45) is 4.39. The second-order valence-corrected chi connectivity index (χ2v) is 6.58. The van der Waals surface area contributed by atoms with E-state index < -0.39 is 8.60 Å². The van der Waals surface area contributed by atoms with Gasteiger partial charge in [0.15, 0.2) is 0 Å². The summed E-state index contributed by atoms with van der Waals surface area (Å²) >= 11 is 0. The van der Waals surface area contributed by atoms with Crippen molar-refractivity contribution in [3.63, 3.8) is 0 Å². The maximum Gasteiger partial charge on any atom is 0.530 e. The van der Waals surface area contributed by atoms with Crippen LogP contribution in [0, 0.1) is 0 Å². The molecule has 0 aromatic heterocycles. The van der Waals surface area contributed by atoms with Gasteiger partial charge in [-0.25, -0.2) is 14.4 Å². The van der Waals surface area contributed by atoms with Crippen LogP contribution in [0.15, 0.2) is 87.8 Å². The van der Waals surface area contributed by atoms with Crippen molar-refractivity contribution >= 4 is 43.9 Å². The highest BCUT2D eigenvalue weighted by molar-refractivity contribution is 7.43. The first-order chi connectivity index (χ1) is 15.2. The van der Waals surface area contributed by atoms with E-state index in [9.17, 15) is 14.4 Å². The number of hydrogen-bond donors (Lipinski definition) is 0. The van der Waals surface area contributed by atoms with Crippen molar-refractivity contribution < 1.29 is 28.0 Å². The average Bonchev–Trinajstić information content (AvgIpc) is 2.78. The molecule has 0 aliphatic heterocycles. The molecule has 0 saturated heterocycles. The number of hydrogen-bond acceptors (Lipinski definition) is 9. The molecular weight excluding hydrogens is 421 g/mol. The van der Waals surface area contributed by atoms with Gasteiger partial charge in [0.1, 0.15) is 17.2 Å². The predicted molar refractivity (Wildman–Crippen MR) is 111 cm³/mol. The Bertz CT molecular complexity index is 1010. The summed E-state index contributed by atoms with van der Waals surface area (Å²) in [5.74, 6) is 1.25. The van der Waals surface area contributed by atoms with E-state index in [-0.39, 0.29) is 0 Å². The summed E-state index contributed by atoms with van der Waals surface area (Å²) in [4.78, 5) is 41.6. The fourth-order valence-corrected chi connectivity index (χ4v) is 3.21. The zero-order valence-electron chi connectivity index (χ0n) is 15.7. The molecule has 3 aromatic carbocycles. The third kappa shape index (κ3) is 6.58. The van der Waals surface area contributed by atoms with Crippen molar-refractivity contribution in [1.29, 1.82) is 0 Å². The molecule has 0 N–H and O–H groups in total. The van der Waals surface area contributed by atoms with Crippen molar-refractivity contribution in [2.24, 2.45) is 15.0 Å². The number of benzene rings is 3. The van der Waals surface area contributed by atoms with E-state index in [1.807, 2.05) is 0 Å². The van der Waals surface area contributed by atoms with Gasteiger partial charge in [0.2, 0.25) is 18.2 Å². The van der Waals surface area contributed by atoms with E-state index in [4.69, 9.17) is 13.6 Å². The predicted octanol–water partition coefficient (Wildman–Crippen LogP) is 5.35. The zero-order valence-corrected chi connectivity index (χ0v) is 16.6. The number of aliphatic imine (C=N–C) groups is 3. The van der Waals surface area contributed by atoms with E-state index in [2.05, 4.69) is 15.0 Å². The molecule has 0 spiro atoms. The molecule has 0 atom stereocenters. The number of carbonyl (C=O) groups excluding carboxylic acids is 3. The monoisotopic (exact) mass is 433 g/mol. The van der Waals surface area contributed by atoms with Crippen molar-refractivity contribution in [2.75, 3.05) is 0 Å². The van der Waals surface area contributed by atoms with Crippen LogP contribution in [0.5, 0.6) is 17.2 Å². The molecule has 9 nitrogen and oxygen atoms in total. The largest absolute Gasteiger partial charge is 0.530 e. The van der Waals surface area contributed by atoms with Crippen LogP contribution >= 0.6 is 8.60 Å². The second-order valence-electron chi connectivity index (χ2n) is 5.59. The average molecular weight is 433 g/mol. The van der Waals surface area contributed by atoms with Crippen molar-refractivity contribution in [3.05, 3.63) is 72.8 Å². The third-order valence-corrected chi connectivity index (χ3v) is 4.65. The Labute approximate surface area is 177 Å². The van der Waals surface area contributed by atoms with Crippen LogP contribution in [0.25, 0.3) is 0 Å². The fraction of sp³-hybridized carbons (Fsp3) is 0. The van der Waals surface area contributed by atoms with Gasteiger partial charge in [-0.15, -0.1) is 0 Å². The molecule has 0 heterocycles. The minimum Gasteiger partial charge on any atom is -0.409 e. The van der Waals surface area contributed by atoms with E-state index in [0.717, 1.165) is 0 Å². The topological polar surface area (TPSA) is 116 Å². The highest BCUT2D eigenvalue weighted by atomic mass is 31.2. The molecule has 0 saturated carbocycles. The highest BCUT2D eigenvalue weighted by Crippen LogP contribution is 2.43. The third-order valence-electron chi connectivity index (χ3n) is 3.57. The number of rotatable bonds is 9. The quantitative estimate of drug-likeness (QED) is 0.255. The van der Waals surface area contributed by atoms with Crippen LogP contribution in [0.3, 0.4) is 0 Å². The molecule has 152 valence electrons. The van der Waals surface area contributed by atoms with Crippen molar-refractivity contribution in [2.45, 2.75) is 0 Å². The minimum atomic E-state index is -1.97. The van der Waals surface area contributed by atoms with Gasteiger partial charge in [0.05, 0.1) is 17.1 Å². The maximum absolute atomic E-state index is 10.4. The number of isocyanates is 3. The molecule has 10 heteroatoms. The first-order valence-corrected chi connectivity index (χ1v) is 9.67. The van der Waals surface area contributed by atoms with E-state index in [1.54, 1.807) is 72.8 Å². The zero-order chi connectivity index (χ0) is 21.9. The maximum atomic E-state index is 10.4. The van der Waals surface area contributed by atoms with Gasteiger partial charge < -0.3 is 13.6 Å². The summed E-state index contributed by atoms with van der Waals surface area (Å²) in [6.45, 7) is 0. The standard InChI is InChI=1S/C21H12N3O6P/c25-13-22-16-1-7-19(8-2-16)28-31(29-20-9-3-17(4-10-20)23-14-26)30-21-11-5-18(6-12-21)24-15-27/h1-12H. The SMILES string of the molecule is O=C=Nc1ccc(OP(Oc2ccc(N=C=O)cc2)Oc2ccc(N=C=O)cc2)cc1. The number of nitrogens with zero attached hydrogens (tertiary/aromatic N) is 3. The van der Waals surface area contributed by atoms with Gasteiger partial charge in [0.25, 0.3) is 0 Å². The lowest BCUT2D eigenvalue weighted by molar-refractivity contribution is 0.388. The molecule has 0 radical (unpaired) electrons. The van der Waals surface area contributed by atoms with E-state index in [1.165, 1.54) is 18.2 Å². The van der Waals surface area contributed by atoms with Crippen LogP contribution in [-0.4, -0.2) is 18.2 Å². The van der Waals surface area contributed by atoms with Crippen molar-refractivity contribution in [1.82, 2.24) is 0 Å². The molecule has 0 amide bonds. The van der Waals surface area contributed by atoms with E-state index in [0.29, 0.717) is 34.3 Å². The smallest absolute Gasteiger partial charge is 0.409 e. The molecular formula is C21H12N3O6P. The van der Waals surface area contributed by atoms with Gasteiger partial charge in [-0.3, -0.25) is 0 Å². The lowest BCUT2D eigenvalue weighted by Crippen LogP contribution is -2.02. The minimum absolute atomic E-state index is 0.417. The fourth-order valence-electron chi connectivity index (χ4n) is 2.22. The van der Waals surface area contributed by atoms with Gasteiger partial charge in [-0.05, 0) is 72.8 Å². The first kappa shape index (κ1) is 21.3. The Morgan fingerprint density at radius 3 is 0.968 bits per heavy atom. The molecule has 0 fully saturated rings. The Morgan fingerprint density at radius 1 is 0.484 bits per heavy atom. The van der Waals surface area contributed by atoms with Crippen molar-refractivity contribution in [3.8, 4) is 17.2 Å². The molecule has 0 aliphatic rings. The Hall–Kier alpha value is -4.37.